The van der Waals surface area contributed by atoms with Gasteiger partial charge in [0.05, 0.1) is 12.0 Å². The molecule has 0 radical (unpaired) electrons. The highest BCUT2D eigenvalue weighted by Gasteiger charge is 2.10. The highest BCUT2D eigenvalue weighted by Crippen LogP contribution is 2.09. The molecule has 0 fully saturated rings. The van der Waals surface area contributed by atoms with Gasteiger partial charge in [0, 0.05) is 0 Å². The summed E-state index contributed by atoms with van der Waals surface area (Å²) >= 11 is 0. The highest BCUT2D eigenvalue weighted by atomic mass is 32.2. The van der Waals surface area contributed by atoms with Crippen LogP contribution in [0.2, 0.25) is 0 Å². The second kappa shape index (κ2) is 4.81. The van der Waals surface area contributed by atoms with Gasteiger partial charge in [0.1, 0.15) is 0 Å². The fraction of sp³-hybridized carbons (Fsp3) is 0.143. The summed E-state index contributed by atoms with van der Waals surface area (Å²) in [6.07, 6.45) is 0. The van der Waals surface area contributed by atoms with E-state index in [1.54, 1.807) is 18.2 Å². The molecule has 1 aromatic carbocycles. The van der Waals surface area contributed by atoms with Crippen molar-refractivity contribution in [1.29, 1.82) is 0 Å². The fourth-order valence-corrected chi connectivity index (χ4v) is 1.37. The van der Waals surface area contributed by atoms with Crippen molar-refractivity contribution >= 4 is 33.2 Å². The first-order valence-corrected chi connectivity index (χ1v) is 4.43. The molecule has 0 saturated carbocycles. The molecule has 3 nitrogen and oxygen atoms in total. The van der Waals surface area contributed by atoms with Gasteiger partial charge in [0.15, 0.2) is 0 Å². The van der Waals surface area contributed by atoms with Crippen LogP contribution in [0.3, 0.4) is 0 Å². The van der Waals surface area contributed by atoms with Crippen molar-refractivity contribution in [1.82, 2.24) is 0 Å². The van der Waals surface area contributed by atoms with Crippen LogP contribution >= 0.6 is 0 Å². The summed E-state index contributed by atoms with van der Waals surface area (Å²) < 4.78 is 26.3. The van der Waals surface area contributed by atoms with E-state index in [9.17, 15) is 8.42 Å². The Morgan fingerprint density at radius 3 is 2.08 bits per heavy atom. The van der Waals surface area contributed by atoms with E-state index in [2.05, 4.69) is 4.18 Å². The van der Waals surface area contributed by atoms with E-state index in [1.165, 1.54) is 12.1 Å². The molecular weight excluding hydrogens is 188 g/mol. The number of hydrogen-bond donors (Lipinski definition) is 0. The Morgan fingerprint density at radius 1 is 1.17 bits per heavy atom. The van der Waals surface area contributed by atoms with Gasteiger partial charge < -0.3 is 0 Å². The Bertz CT molecular complexity index is 320. The Labute approximate surface area is 88.0 Å². The molecule has 64 valence electrons. The minimum atomic E-state index is -3.50. The van der Waals surface area contributed by atoms with Crippen LogP contribution in [0.1, 0.15) is 0 Å². The van der Waals surface area contributed by atoms with Gasteiger partial charge in [-0.05, 0) is 12.1 Å². The minimum Gasteiger partial charge on any atom is -0.270 e. The van der Waals surface area contributed by atoms with Crippen LogP contribution in [0.15, 0.2) is 35.2 Å². The third kappa shape index (κ3) is 2.74. The van der Waals surface area contributed by atoms with E-state index in [4.69, 9.17) is 0 Å². The van der Waals surface area contributed by atoms with Gasteiger partial charge in [-0.25, -0.2) is 0 Å². The molecule has 0 aliphatic heterocycles. The Balaban J connectivity index is 0.00000121. The molecule has 1 rings (SSSR count). The molecule has 0 unspecified atom stereocenters. The molecule has 0 amide bonds. The van der Waals surface area contributed by atoms with Crippen molar-refractivity contribution < 1.29 is 12.6 Å². The van der Waals surface area contributed by atoms with Crippen LogP contribution in [0.25, 0.3) is 0 Å². The maximum Gasteiger partial charge on any atom is 0.316 e. The van der Waals surface area contributed by atoms with Crippen molar-refractivity contribution in [2.24, 2.45) is 0 Å². The Morgan fingerprint density at radius 2 is 1.67 bits per heavy atom. The van der Waals surface area contributed by atoms with E-state index >= 15 is 0 Å². The van der Waals surface area contributed by atoms with Crippen molar-refractivity contribution in [2.75, 3.05) is 7.11 Å². The zero-order valence-corrected chi connectivity index (χ0v) is 6.84. The Hall–Kier alpha value is -0.104. The van der Waals surface area contributed by atoms with Gasteiger partial charge in [-0.3, -0.25) is 4.18 Å². The van der Waals surface area contributed by atoms with Crippen LogP contribution in [-0.2, 0) is 14.3 Å². The summed E-state index contributed by atoms with van der Waals surface area (Å²) in [4.78, 5) is 0.183. The monoisotopic (exact) mass is 198 g/mol. The first-order chi connectivity index (χ1) is 5.17. The summed E-state index contributed by atoms with van der Waals surface area (Å²) in [5.74, 6) is 0. The quantitative estimate of drug-likeness (QED) is 0.500. The average molecular weight is 199 g/mol. The maximum absolute atomic E-state index is 11.0. The number of benzene rings is 1. The van der Waals surface area contributed by atoms with Gasteiger partial charge >= 0.3 is 23.1 Å². The van der Waals surface area contributed by atoms with Gasteiger partial charge in [0.2, 0.25) is 0 Å². The normalized spacial score (nSPS) is 10.4. The second-order valence-electron chi connectivity index (χ2n) is 1.93. The SMILES string of the molecule is COS(=O)(=O)c1ccccc1.[MgH2]. The topological polar surface area (TPSA) is 43.4 Å². The van der Waals surface area contributed by atoms with Crippen LogP contribution in [0, 0.1) is 0 Å². The van der Waals surface area contributed by atoms with Crippen LogP contribution < -0.4 is 0 Å². The first-order valence-electron chi connectivity index (χ1n) is 3.02. The van der Waals surface area contributed by atoms with Gasteiger partial charge in [0.25, 0.3) is 10.1 Å². The lowest BCUT2D eigenvalue weighted by molar-refractivity contribution is 0.398. The molecule has 0 atom stereocenters. The smallest absolute Gasteiger partial charge is 0.270 e. The van der Waals surface area contributed by atoms with Gasteiger partial charge in [-0.15, -0.1) is 0 Å². The van der Waals surface area contributed by atoms with E-state index in [0.717, 1.165) is 7.11 Å². The average Bonchev–Trinajstić information content (AvgIpc) is 2.06. The molecule has 0 aromatic heterocycles. The van der Waals surface area contributed by atoms with E-state index < -0.39 is 10.1 Å². The number of hydrogen-bond acceptors (Lipinski definition) is 3. The predicted molar refractivity (Wildman–Crippen MR) is 49.2 cm³/mol. The lowest BCUT2D eigenvalue weighted by atomic mass is 10.4. The fourth-order valence-electron chi connectivity index (χ4n) is 0.683. The third-order valence-corrected chi connectivity index (χ3v) is 2.54. The molecule has 12 heavy (non-hydrogen) atoms. The second-order valence-corrected chi connectivity index (χ2v) is 3.65. The van der Waals surface area contributed by atoms with Crippen molar-refractivity contribution in [2.45, 2.75) is 4.90 Å². The molecule has 0 heterocycles. The molecule has 0 bridgehead atoms. The molecular formula is C7H10MgO3S. The van der Waals surface area contributed by atoms with E-state index in [0.29, 0.717) is 0 Å². The molecule has 0 spiro atoms. The standard InChI is InChI=1S/C7H8O3S.Mg.2H/c1-10-11(8,9)7-5-3-2-4-6-7;;;/h2-6H,1H3;;;. The summed E-state index contributed by atoms with van der Waals surface area (Å²) in [5.41, 5.74) is 0. The van der Waals surface area contributed by atoms with E-state index in [1.807, 2.05) is 0 Å². The largest absolute Gasteiger partial charge is 0.316 e. The molecule has 0 saturated heterocycles. The zero-order valence-electron chi connectivity index (χ0n) is 6.02. The summed E-state index contributed by atoms with van der Waals surface area (Å²) in [6.45, 7) is 0. The highest BCUT2D eigenvalue weighted by molar-refractivity contribution is 7.86. The van der Waals surface area contributed by atoms with Crippen molar-refractivity contribution in [3.8, 4) is 0 Å². The Kier molecular flexibility index (Phi) is 4.77. The maximum atomic E-state index is 11.0. The van der Waals surface area contributed by atoms with Gasteiger partial charge in [-0.2, -0.15) is 8.42 Å². The van der Waals surface area contributed by atoms with Crippen LogP contribution in [0.5, 0.6) is 0 Å². The van der Waals surface area contributed by atoms with Crippen LogP contribution in [-0.4, -0.2) is 38.6 Å². The lowest BCUT2D eigenvalue weighted by Gasteiger charge is -1.98. The summed E-state index contributed by atoms with van der Waals surface area (Å²) in [5, 5.41) is 0. The molecule has 0 aliphatic rings. The van der Waals surface area contributed by atoms with E-state index in [-0.39, 0.29) is 27.9 Å². The van der Waals surface area contributed by atoms with Crippen molar-refractivity contribution in [3.05, 3.63) is 30.3 Å². The molecule has 1 aromatic rings. The minimum absolute atomic E-state index is 0. The summed E-state index contributed by atoms with van der Waals surface area (Å²) in [7, 11) is -2.36. The van der Waals surface area contributed by atoms with Crippen LogP contribution in [0.4, 0.5) is 0 Å². The number of rotatable bonds is 2. The third-order valence-electron chi connectivity index (χ3n) is 1.25. The van der Waals surface area contributed by atoms with Gasteiger partial charge in [-0.1, -0.05) is 18.2 Å². The zero-order chi connectivity index (χ0) is 8.32. The summed E-state index contributed by atoms with van der Waals surface area (Å²) in [6, 6.07) is 8.00. The first kappa shape index (κ1) is 11.9. The molecule has 5 heteroatoms. The lowest BCUT2D eigenvalue weighted by Crippen LogP contribution is -2.01. The predicted octanol–water partition coefficient (Wildman–Crippen LogP) is 0.106. The molecule has 0 aliphatic carbocycles. The van der Waals surface area contributed by atoms with Crippen molar-refractivity contribution in [3.63, 3.8) is 0 Å². The molecule has 0 N–H and O–H groups in total.